The molecule has 0 bridgehead atoms. The van der Waals surface area contributed by atoms with E-state index in [-0.39, 0.29) is 28.2 Å². The molecule has 0 aromatic heterocycles. The van der Waals surface area contributed by atoms with E-state index in [1.807, 2.05) is 13.8 Å². The van der Waals surface area contributed by atoms with Gasteiger partial charge in [0.05, 0.1) is 12.7 Å². The molecular formula is C14H19NO5S. The highest BCUT2D eigenvalue weighted by atomic mass is 32.2. The largest absolute Gasteiger partial charge is 0.495 e. The SMILES string of the molecule is COc1ccc(C(=O)O)cc1S(=O)(=O)N1CC(C)CC1C. The molecule has 6 nitrogen and oxygen atoms in total. The van der Waals surface area contributed by atoms with Gasteiger partial charge < -0.3 is 9.84 Å². The zero-order chi connectivity index (χ0) is 15.8. The topological polar surface area (TPSA) is 83.9 Å². The maximum atomic E-state index is 12.8. The Balaban J connectivity index is 2.53. The Labute approximate surface area is 124 Å². The molecule has 116 valence electrons. The van der Waals surface area contributed by atoms with Crippen molar-refractivity contribution >= 4 is 16.0 Å². The third-order valence-corrected chi connectivity index (χ3v) is 5.73. The number of carboxylic acids is 1. The molecule has 0 spiro atoms. The summed E-state index contributed by atoms with van der Waals surface area (Å²) >= 11 is 0. The van der Waals surface area contributed by atoms with Crippen molar-refractivity contribution in [3.8, 4) is 5.75 Å². The summed E-state index contributed by atoms with van der Waals surface area (Å²) in [7, 11) is -2.41. The third-order valence-electron chi connectivity index (χ3n) is 3.72. The highest BCUT2D eigenvalue weighted by Gasteiger charge is 2.37. The molecule has 2 rings (SSSR count). The van der Waals surface area contributed by atoms with Gasteiger partial charge in [-0.3, -0.25) is 0 Å². The molecule has 0 amide bonds. The van der Waals surface area contributed by atoms with Crippen LogP contribution in [0.25, 0.3) is 0 Å². The molecule has 0 saturated carbocycles. The van der Waals surface area contributed by atoms with Crippen molar-refractivity contribution in [2.45, 2.75) is 31.2 Å². The zero-order valence-electron chi connectivity index (χ0n) is 12.2. The number of aromatic carboxylic acids is 1. The quantitative estimate of drug-likeness (QED) is 0.916. The lowest BCUT2D eigenvalue weighted by atomic mass is 10.1. The highest BCUT2D eigenvalue weighted by molar-refractivity contribution is 7.89. The first-order valence-corrected chi connectivity index (χ1v) is 8.14. The van der Waals surface area contributed by atoms with Crippen molar-refractivity contribution in [1.29, 1.82) is 0 Å². The Kier molecular flexibility index (Phi) is 4.25. The van der Waals surface area contributed by atoms with Crippen LogP contribution in [0.3, 0.4) is 0 Å². The number of rotatable bonds is 4. The second-order valence-corrected chi connectivity index (χ2v) is 7.29. The molecule has 1 aromatic carbocycles. The van der Waals surface area contributed by atoms with E-state index in [1.165, 1.54) is 23.5 Å². The Morgan fingerprint density at radius 3 is 2.52 bits per heavy atom. The third kappa shape index (κ3) is 2.89. The minimum Gasteiger partial charge on any atom is -0.495 e. The lowest BCUT2D eigenvalue weighted by molar-refractivity contribution is 0.0696. The number of nitrogens with zero attached hydrogens (tertiary/aromatic N) is 1. The summed E-state index contributed by atoms with van der Waals surface area (Å²) in [5.74, 6) is -0.730. The van der Waals surface area contributed by atoms with E-state index in [2.05, 4.69) is 0 Å². The summed E-state index contributed by atoms with van der Waals surface area (Å²) in [6, 6.07) is 3.76. The first kappa shape index (κ1) is 15.8. The summed E-state index contributed by atoms with van der Waals surface area (Å²) in [6.45, 7) is 4.29. The van der Waals surface area contributed by atoms with Crippen molar-refractivity contribution in [3.05, 3.63) is 23.8 Å². The minimum atomic E-state index is -3.77. The van der Waals surface area contributed by atoms with Crippen molar-refractivity contribution in [2.75, 3.05) is 13.7 Å². The number of carboxylic acid groups (broad SMARTS) is 1. The fraction of sp³-hybridized carbons (Fsp3) is 0.500. The molecule has 1 fully saturated rings. The van der Waals surface area contributed by atoms with Gasteiger partial charge in [-0.05, 0) is 37.5 Å². The number of hydrogen-bond donors (Lipinski definition) is 1. The molecule has 0 radical (unpaired) electrons. The standard InChI is InChI=1S/C14H19NO5S/c1-9-6-10(2)15(8-9)21(18,19)13-7-11(14(16)17)4-5-12(13)20-3/h4-5,7,9-10H,6,8H2,1-3H3,(H,16,17). The van der Waals surface area contributed by atoms with E-state index < -0.39 is 16.0 Å². The van der Waals surface area contributed by atoms with Crippen LogP contribution in [0.2, 0.25) is 0 Å². The van der Waals surface area contributed by atoms with Crippen LogP contribution in [-0.2, 0) is 10.0 Å². The summed E-state index contributed by atoms with van der Waals surface area (Å²) in [6.07, 6.45) is 0.792. The summed E-state index contributed by atoms with van der Waals surface area (Å²) in [5, 5.41) is 9.05. The molecule has 1 N–H and O–H groups in total. The van der Waals surface area contributed by atoms with Crippen LogP contribution in [0.15, 0.2) is 23.1 Å². The van der Waals surface area contributed by atoms with Crippen LogP contribution in [0.4, 0.5) is 0 Å². The van der Waals surface area contributed by atoms with E-state index in [0.29, 0.717) is 6.54 Å². The van der Waals surface area contributed by atoms with Gasteiger partial charge in [-0.25, -0.2) is 13.2 Å². The Hall–Kier alpha value is -1.60. The van der Waals surface area contributed by atoms with E-state index >= 15 is 0 Å². The average Bonchev–Trinajstić information content (AvgIpc) is 2.77. The maximum Gasteiger partial charge on any atom is 0.335 e. The molecular weight excluding hydrogens is 294 g/mol. The van der Waals surface area contributed by atoms with Crippen LogP contribution < -0.4 is 4.74 Å². The number of carbonyl (C=O) groups is 1. The normalized spacial score (nSPS) is 23.2. The molecule has 1 aliphatic heterocycles. The number of hydrogen-bond acceptors (Lipinski definition) is 4. The first-order valence-electron chi connectivity index (χ1n) is 6.70. The lowest BCUT2D eigenvalue weighted by Gasteiger charge is -2.22. The predicted octanol–water partition coefficient (Wildman–Crippen LogP) is 1.81. The van der Waals surface area contributed by atoms with Gasteiger partial charge >= 0.3 is 5.97 Å². The van der Waals surface area contributed by atoms with Gasteiger partial charge in [0.2, 0.25) is 10.0 Å². The Bertz CT molecular complexity index is 655. The average molecular weight is 313 g/mol. The first-order chi connectivity index (χ1) is 9.77. The van der Waals surface area contributed by atoms with Gasteiger partial charge in [0, 0.05) is 12.6 Å². The number of methoxy groups -OCH3 is 1. The second kappa shape index (κ2) is 5.65. The smallest absolute Gasteiger partial charge is 0.335 e. The van der Waals surface area contributed by atoms with E-state index in [4.69, 9.17) is 9.84 Å². The predicted molar refractivity (Wildman–Crippen MR) is 77.1 cm³/mol. The van der Waals surface area contributed by atoms with Gasteiger partial charge in [-0.15, -0.1) is 0 Å². The molecule has 1 saturated heterocycles. The number of ether oxygens (including phenoxy) is 1. The summed E-state index contributed by atoms with van der Waals surface area (Å²) in [4.78, 5) is 11.0. The molecule has 1 heterocycles. The highest BCUT2D eigenvalue weighted by Crippen LogP contribution is 2.33. The second-order valence-electron chi connectivity index (χ2n) is 5.44. The fourth-order valence-corrected chi connectivity index (χ4v) is 4.68. The van der Waals surface area contributed by atoms with Crippen molar-refractivity contribution in [2.24, 2.45) is 5.92 Å². The number of sulfonamides is 1. The summed E-state index contributed by atoms with van der Waals surface area (Å²) in [5.41, 5.74) is -0.0747. The van der Waals surface area contributed by atoms with E-state index in [0.717, 1.165) is 12.5 Å². The van der Waals surface area contributed by atoms with Gasteiger partial charge in [-0.1, -0.05) is 6.92 Å². The monoisotopic (exact) mass is 313 g/mol. The van der Waals surface area contributed by atoms with Gasteiger partial charge in [-0.2, -0.15) is 4.31 Å². The molecule has 7 heteroatoms. The molecule has 2 unspecified atom stereocenters. The molecule has 2 atom stereocenters. The van der Waals surface area contributed by atoms with Gasteiger partial charge in [0.1, 0.15) is 10.6 Å². The van der Waals surface area contributed by atoms with Crippen molar-refractivity contribution in [3.63, 3.8) is 0 Å². The Morgan fingerprint density at radius 2 is 2.05 bits per heavy atom. The minimum absolute atomic E-state index is 0.0747. The molecule has 1 aromatic rings. The van der Waals surface area contributed by atoms with Gasteiger partial charge in [0.25, 0.3) is 0 Å². The molecule has 1 aliphatic rings. The number of benzene rings is 1. The fourth-order valence-electron chi connectivity index (χ4n) is 2.73. The maximum absolute atomic E-state index is 12.8. The molecule has 0 aliphatic carbocycles. The molecule has 21 heavy (non-hydrogen) atoms. The van der Waals surface area contributed by atoms with Gasteiger partial charge in [0.15, 0.2) is 0 Å². The van der Waals surface area contributed by atoms with Crippen LogP contribution in [0.1, 0.15) is 30.6 Å². The van der Waals surface area contributed by atoms with Crippen LogP contribution in [0.5, 0.6) is 5.75 Å². The van der Waals surface area contributed by atoms with Crippen molar-refractivity contribution < 1.29 is 23.1 Å². The lowest BCUT2D eigenvalue weighted by Crippen LogP contribution is -2.34. The van der Waals surface area contributed by atoms with Crippen LogP contribution in [0, 0.1) is 5.92 Å². The van der Waals surface area contributed by atoms with Crippen LogP contribution >= 0.6 is 0 Å². The van der Waals surface area contributed by atoms with Crippen LogP contribution in [-0.4, -0.2) is 43.5 Å². The summed E-state index contributed by atoms with van der Waals surface area (Å²) < 4.78 is 32.1. The van der Waals surface area contributed by atoms with E-state index in [9.17, 15) is 13.2 Å². The van der Waals surface area contributed by atoms with Crippen molar-refractivity contribution in [1.82, 2.24) is 4.31 Å². The Morgan fingerprint density at radius 1 is 1.38 bits per heavy atom. The zero-order valence-corrected chi connectivity index (χ0v) is 13.1. The van der Waals surface area contributed by atoms with E-state index in [1.54, 1.807) is 0 Å².